The van der Waals surface area contributed by atoms with Crippen molar-refractivity contribution < 1.29 is 18.0 Å². The molecule has 0 spiro atoms. The Labute approximate surface area is 165 Å². The number of thiophene rings is 1. The Hall–Kier alpha value is -1.90. The Kier molecular flexibility index (Phi) is 6.42. The zero-order valence-corrected chi connectivity index (χ0v) is 16.7. The minimum atomic E-state index is -4.43. The Morgan fingerprint density at radius 1 is 1.32 bits per heavy atom. The molecule has 9 heteroatoms. The van der Waals surface area contributed by atoms with Gasteiger partial charge in [0, 0.05) is 24.4 Å². The molecular formula is C19H24F3N3O2S. The van der Waals surface area contributed by atoms with E-state index in [1.54, 1.807) is 11.3 Å². The van der Waals surface area contributed by atoms with Crippen LogP contribution in [0.5, 0.6) is 0 Å². The van der Waals surface area contributed by atoms with Crippen LogP contribution in [0.15, 0.2) is 11.1 Å². The molecule has 0 bridgehead atoms. The molecule has 0 unspecified atom stereocenters. The first-order valence-electron chi connectivity index (χ1n) is 9.64. The first-order valence-corrected chi connectivity index (χ1v) is 10.5. The largest absolute Gasteiger partial charge is 0.406 e. The van der Waals surface area contributed by atoms with Gasteiger partial charge in [-0.15, -0.1) is 11.3 Å². The third kappa shape index (κ3) is 4.74. The number of halogens is 3. The van der Waals surface area contributed by atoms with Gasteiger partial charge in [0.25, 0.3) is 5.56 Å². The van der Waals surface area contributed by atoms with Crippen LogP contribution in [0.1, 0.15) is 49.5 Å². The van der Waals surface area contributed by atoms with Crippen molar-refractivity contribution >= 4 is 27.5 Å². The van der Waals surface area contributed by atoms with Crippen molar-refractivity contribution in [1.82, 2.24) is 14.5 Å². The summed E-state index contributed by atoms with van der Waals surface area (Å²) in [5.41, 5.74) is 0.860. The van der Waals surface area contributed by atoms with Crippen molar-refractivity contribution in [2.75, 3.05) is 13.1 Å². The SMILES string of the molecule is CCCCN(CC(F)(F)F)C(=O)CCn1cnc2sc3c(c2c1=O)CCCC3. The topological polar surface area (TPSA) is 55.2 Å². The van der Waals surface area contributed by atoms with Gasteiger partial charge in [-0.3, -0.25) is 14.2 Å². The molecule has 2 aromatic rings. The van der Waals surface area contributed by atoms with E-state index in [2.05, 4.69) is 4.98 Å². The summed E-state index contributed by atoms with van der Waals surface area (Å²) in [5.74, 6) is -0.592. The molecule has 154 valence electrons. The van der Waals surface area contributed by atoms with Crippen molar-refractivity contribution in [3.8, 4) is 0 Å². The number of hydrogen-bond donors (Lipinski definition) is 0. The van der Waals surface area contributed by atoms with Crippen LogP contribution in [0.4, 0.5) is 13.2 Å². The third-order valence-electron chi connectivity index (χ3n) is 5.01. The van der Waals surface area contributed by atoms with Crippen LogP contribution in [-0.4, -0.2) is 39.6 Å². The van der Waals surface area contributed by atoms with E-state index in [9.17, 15) is 22.8 Å². The maximum Gasteiger partial charge on any atom is 0.406 e. The van der Waals surface area contributed by atoms with Gasteiger partial charge in [0.15, 0.2) is 0 Å². The summed E-state index contributed by atoms with van der Waals surface area (Å²) >= 11 is 1.54. The van der Waals surface area contributed by atoms with Crippen LogP contribution in [-0.2, 0) is 24.2 Å². The van der Waals surface area contributed by atoms with E-state index in [0.717, 1.165) is 36.1 Å². The lowest BCUT2D eigenvalue weighted by Gasteiger charge is -2.24. The summed E-state index contributed by atoms with van der Waals surface area (Å²) in [6.45, 7) is 0.707. The highest BCUT2D eigenvalue weighted by molar-refractivity contribution is 7.18. The van der Waals surface area contributed by atoms with Gasteiger partial charge in [0.1, 0.15) is 11.4 Å². The van der Waals surface area contributed by atoms with Crippen LogP contribution >= 0.6 is 11.3 Å². The summed E-state index contributed by atoms with van der Waals surface area (Å²) in [6.07, 6.45) is 1.98. The molecule has 0 saturated carbocycles. The fraction of sp³-hybridized carbons (Fsp3) is 0.632. The van der Waals surface area contributed by atoms with E-state index in [-0.39, 0.29) is 25.1 Å². The summed E-state index contributed by atoms with van der Waals surface area (Å²) in [5, 5.41) is 0.618. The summed E-state index contributed by atoms with van der Waals surface area (Å²) < 4.78 is 39.6. The highest BCUT2D eigenvalue weighted by Crippen LogP contribution is 2.33. The Morgan fingerprint density at radius 2 is 2.07 bits per heavy atom. The molecule has 5 nitrogen and oxygen atoms in total. The Bertz CT molecular complexity index is 904. The number of carbonyl (C=O) groups excluding carboxylic acids is 1. The maximum atomic E-state index is 12.9. The van der Waals surface area contributed by atoms with Gasteiger partial charge in [-0.05, 0) is 37.7 Å². The first-order chi connectivity index (χ1) is 13.3. The van der Waals surface area contributed by atoms with Gasteiger partial charge < -0.3 is 4.90 Å². The molecule has 0 aromatic carbocycles. The van der Waals surface area contributed by atoms with Crippen molar-refractivity contribution in [3.63, 3.8) is 0 Å². The number of fused-ring (bicyclic) bond motifs is 3. The standard InChI is InChI=1S/C19H24F3N3O2S/c1-2-3-9-24(11-19(20,21)22)15(26)8-10-25-12-23-17-16(18(25)27)13-6-4-5-7-14(13)28-17/h12H,2-11H2,1H3. The molecule has 0 fully saturated rings. The number of rotatable bonds is 7. The second-order valence-electron chi connectivity index (χ2n) is 7.17. The second kappa shape index (κ2) is 8.63. The van der Waals surface area contributed by atoms with Gasteiger partial charge in [0.2, 0.25) is 5.91 Å². The zero-order valence-electron chi connectivity index (χ0n) is 15.8. The van der Waals surface area contributed by atoms with Crippen LogP contribution < -0.4 is 5.56 Å². The van der Waals surface area contributed by atoms with Gasteiger partial charge >= 0.3 is 6.18 Å². The van der Waals surface area contributed by atoms with Gasteiger partial charge in [0.05, 0.1) is 11.7 Å². The quantitative estimate of drug-likeness (QED) is 0.689. The lowest BCUT2D eigenvalue weighted by Crippen LogP contribution is -2.40. The van der Waals surface area contributed by atoms with E-state index >= 15 is 0 Å². The molecule has 0 radical (unpaired) electrons. The maximum absolute atomic E-state index is 12.9. The van der Waals surface area contributed by atoms with Crippen molar-refractivity contribution in [3.05, 3.63) is 27.1 Å². The number of amides is 1. The molecule has 1 amide bonds. The van der Waals surface area contributed by atoms with E-state index in [1.807, 2.05) is 6.92 Å². The number of carbonyl (C=O) groups is 1. The highest BCUT2D eigenvalue weighted by Gasteiger charge is 2.32. The van der Waals surface area contributed by atoms with Crippen molar-refractivity contribution in [2.45, 2.75) is 64.6 Å². The predicted molar refractivity (Wildman–Crippen MR) is 103 cm³/mol. The average molecular weight is 415 g/mol. The van der Waals surface area contributed by atoms with Gasteiger partial charge in [-0.25, -0.2) is 4.98 Å². The normalized spacial score (nSPS) is 14.3. The lowest BCUT2D eigenvalue weighted by atomic mass is 9.97. The predicted octanol–water partition coefficient (Wildman–Crippen LogP) is 3.92. The first kappa shape index (κ1) is 20.8. The van der Waals surface area contributed by atoms with E-state index in [4.69, 9.17) is 0 Å². The molecule has 28 heavy (non-hydrogen) atoms. The number of aromatic nitrogens is 2. The molecule has 1 aliphatic rings. The number of alkyl halides is 3. The molecule has 2 aromatic heterocycles. The minimum absolute atomic E-state index is 0.0334. The van der Waals surface area contributed by atoms with Gasteiger partial charge in [-0.1, -0.05) is 13.3 Å². The molecule has 2 heterocycles. The average Bonchev–Trinajstić information content (AvgIpc) is 3.02. The number of aryl methyl sites for hydroxylation is 3. The van der Waals surface area contributed by atoms with E-state index in [1.165, 1.54) is 15.8 Å². The second-order valence-corrected chi connectivity index (χ2v) is 8.25. The molecule has 0 aliphatic heterocycles. The van der Waals surface area contributed by atoms with Crippen LogP contribution in [0.25, 0.3) is 10.2 Å². The number of unbranched alkanes of at least 4 members (excludes halogenated alkanes) is 1. The third-order valence-corrected chi connectivity index (χ3v) is 6.21. The number of nitrogens with zero attached hydrogens (tertiary/aromatic N) is 3. The fourth-order valence-corrected chi connectivity index (χ4v) is 4.79. The molecular weight excluding hydrogens is 391 g/mol. The minimum Gasteiger partial charge on any atom is -0.334 e. The van der Waals surface area contributed by atoms with Crippen molar-refractivity contribution in [1.29, 1.82) is 0 Å². The summed E-state index contributed by atoms with van der Waals surface area (Å²) in [4.78, 5) is 32.3. The highest BCUT2D eigenvalue weighted by atomic mass is 32.1. The molecule has 0 saturated heterocycles. The van der Waals surface area contributed by atoms with Crippen LogP contribution in [0.3, 0.4) is 0 Å². The zero-order chi connectivity index (χ0) is 20.3. The monoisotopic (exact) mass is 415 g/mol. The smallest absolute Gasteiger partial charge is 0.334 e. The van der Waals surface area contributed by atoms with E-state index in [0.29, 0.717) is 23.1 Å². The Morgan fingerprint density at radius 3 is 2.79 bits per heavy atom. The van der Waals surface area contributed by atoms with Gasteiger partial charge in [-0.2, -0.15) is 13.2 Å². The molecule has 0 N–H and O–H groups in total. The summed E-state index contributed by atoms with van der Waals surface area (Å²) in [6, 6.07) is 0. The number of hydrogen-bond acceptors (Lipinski definition) is 4. The van der Waals surface area contributed by atoms with E-state index < -0.39 is 18.6 Å². The van der Waals surface area contributed by atoms with Crippen LogP contribution in [0, 0.1) is 0 Å². The molecule has 0 atom stereocenters. The van der Waals surface area contributed by atoms with Crippen LogP contribution in [0.2, 0.25) is 0 Å². The Balaban J connectivity index is 1.75. The van der Waals surface area contributed by atoms with Crippen molar-refractivity contribution in [2.24, 2.45) is 0 Å². The molecule has 1 aliphatic carbocycles. The lowest BCUT2D eigenvalue weighted by molar-refractivity contribution is -0.161. The summed E-state index contributed by atoms with van der Waals surface area (Å²) in [7, 11) is 0. The molecule has 3 rings (SSSR count). The fourth-order valence-electron chi connectivity index (χ4n) is 3.57.